The van der Waals surface area contributed by atoms with Crippen molar-refractivity contribution < 1.29 is 0 Å². The van der Waals surface area contributed by atoms with E-state index < -0.39 is 0 Å². The van der Waals surface area contributed by atoms with Gasteiger partial charge in [0.1, 0.15) is 0 Å². The predicted octanol–water partition coefficient (Wildman–Crippen LogP) is 5.32. The summed E-state index contributed by atoms with van der Waals surface area (Å²) < 4.78 is 1.04. The van der Waals surface area contributed by atoms with Crippen LogP contribution in [0, 0.1) is 0 Å². The number of nitrogens with zero attached hydrogens (tertiary/aromatic N) is 1. The molecule has 2 aromatic carbocycles. The van der Waals surface area contributed by atoms with Gasteiger partial charge in [0.25, 0.3) is 0 Å². The van der Waals surface area contributed by atoms with Crippen LogP contribution in [0.1, 0.15) is 37.1 Å². The molecule has 0 saturated heterocycles. The van der Waals surface area contributed by atoms with Crippen LogP contribution in [0.25, 0.3) is 0 Å². The first kappa shape index (κ1) is 16.3. The van der Waals surface area contributed by atoms with Crippen molar-refractivity contribution in [2.24, 2.45) is 5.73 Å². The van der Waals surface area contributed by atoms with E-state index in [9.17, 15) is 0 Å². The molecule has 0 saturated carbocycles. The summed E-state index contributed by atoms with van der Waals surface area (Å²) >= 11 is 9.83. The Morgan fingerprint density at radius 1 is 1.10 bits per heavy atom. The number of benzene rings is 2. The summed E-state index contributed by atoms with van der Waals surface area (Å²) in [4.78, 5) is 2.21. The van der Waals surface area contributed by atoms with Gasteiger partial charge in [0.05, 0.1) is 6.04 Å². The van der Waals surface area contributed by atoms with E-state index in [2.05, 4.69) is 53.0 Å². The average Bonchev–Trinajstić information content (AvgIpc) is 2.46. The maximum Gasteiger partial charge on any atom is 0.0525 e. The Morgan fingerprint density at radius 2 is 1.76 bits per heavy atom. The minimum Gasteiger partial charge on any atom is -0.368 e. The fourth-order valence-electron chi connectivity index (χ4n) is 2.44. The number of nitrogens with two attached hydrogens (primary N) is 1. The molecule has 2 aromatic rings. The quantitative estimate of drug-likeness (QED) is 0.792. The molecule has 0 aliphatic heterocycles. The largest absolute Gasteiger partial charge is 0.368 e. The average molecular weight is 368 g/mol. The molecule has 4 heteroatoms. The summed E-state index contributed by atoms with van der Waals surface area (Å²) in [7, 11) is 2.07. The second-order valence-electron chi connectivity index (χ2n) is 5.30. The van der Waals surface area contributed by atoms with Crippen molar-refractivity contribution in [2.75, 3.05) is 11.9 Å². The van der Waals surface area contributed by atoms with Crippen LogP contribution in [0.15, 0.2) is 46.9 Å². The zero-order valence-corrected chi connectivity index (χ0v) is 14.8. The summed E-state index contributed by atoms with van der Waals surface area (Å²) in [6, 6.07) is 14.3. The first-order valence-electron chi connectivity index (χ1n) is 6.94. The molecule has 0 amide bonds. The molecule has 112 valence electrons. The molecule has 2 atom stereocenters. The maximum absolute atomic E-state index is 6.32. The Bertz CT molecular complexity index is 628. The van der Waals surface area contributed by atoms with Crippen molar-refractivity contribution in [2.45, 2.75) is 25.9 Å². The normalized spacial score (nSPS) is 13.8. The van der Waals surface area contributed by atoms with Gasteiger partial charge in [0.15, 0.2) is 0 Å². The van der Waals surface area contributed by atoms with E-state index in [0.29, 0.717) is 0 Å². The number of anilines is 1. The summed E-state index contributed by atoms with van der Waals surface area (Å²) in [5.74, 6) is 0. The van der Waals surface area contributed by atoms with Crippen LogP contribution in [0.4, 0.5) is 5.69 Å². The van der Waals surface area contributed by atoms with E-state index in [1.165, 1.54) is 0 Å². The Labute approximate surface area is 140 Å². The van der Waals surface area contributed by atoms with Crippen molar-refractivity contribution >= 4 is 33.2 Å². The van der Waals surface area contributed by atoms with Gasteiger partial charge in [-0.1, -0.05) is 45.7 Å². The molecule has 2 N–H and O–H groups in total. The predicted molar refractivity (Wildman–Crippen MR) is 95.0 cm³/mol. The third-order valence-electron chi connectivity index (χ3n) is 3.80. The van der Waals surface area contributed by atoms with Crippen LogP contribution in [0.3, 0.4) is 0 Å². The molecule has 0 aromatic heterocycles. The van der Waals surface area contributed by atoms with Crippen molar-refractivity contribution in [3.63, 3.8) is 0 Å². The Hall–Kier alpha value is -1.03. The number of rotatable bonds is 4. The van der Waals surface area contributed by atoms with Crippen LogP contribution in [-0.4, -0.2) is 7.05 Å². The first-order chi connectivity index (χ1) is 9.91. The molecule has 2 unspecified atom stereocenters. The van der Waals surface area contributed by atoms with Crippen molar-refractivity contribution in [1.29, 1.82) is 0 Å². The first-order valence-corrected chi connectivity index (χ1v) is 8.11. The highest BCUT2D eigenvalue weighted by atomic mass is 79.9. The Morgan fingerprint density at radius 3 is 2.38 bits per heavy atom. The van der Waals surface area contributed by atoms with E-state index in [1.807, 2.05) is 31.2 Å². The van der Waals surface area contributed by atoms with Crippen LogP contribution < -0.4 is 10.6 Å². The van der Waals surface area contributed by atoms with Crippen LogP contribution in [0.5, 0.6) is 0 Å². The third kappa shape index (κ3) is 3.60. The van der Waals surface area contributed by atoms with Gasteiger partial charge in [-0.25, -0.2) is 0 Å². The Balaban J connectivity index is 2.40. The van der Waals surface area contributed by atoms with E-state index in [1.54, 1.807) is 0 Å². The zero-order chi connectivity index (χ0) is 15.6. The monoisotopic (exact) mass is 366 g/mol. The van der Waals surface area contributed by atoms with Gasteiger partial charge in [-0.2, -0.15) is 0 Å². The van der Waals surface area contributed by atoms with Gasteiger partial charge >= 0.3 is 0 Å². The van der Waals surface area contributed by atoms with Gasteiger partial charge in [-0.05, 0) is 49.2 Å². The molecular formula is C17H20BrClN2. The lowest BCUT2D eigenvalue weighted by atomic mass is 10.0. The molecule has 0 fully saturated rings. The molecule has 0 aliphatic rings. The lowest BCUT2D eigenvalue weighted by molar-refractivity contribution is 0.722. The molecule has 21 heavy (non-hydrogen) atoms. The van der Waals surface area contributed by atoms with Gasteiger partial charge in [0, 0.05) is 28.3 Å². The van der Waals surface area contributed by atoms with Crippen LogP contribution in [-0.2, 0) is 0 Å². The maximum atomic E-state index is 6.32. The van der Waals surface area contributed by atoms with Crippen molar-refractivity contribution in [3.8, 4) is 0 Å². The standard InChI is InChI=1S/C17H20BrClN2/c1-11(20)15-10-13(18)8-9-17(15)21(3)12(2)14-6-4-5-7-16(14)19/h4-12H,20H2,1-3H3. The van der Waals surface area contributed by atoms with E-state index >= 15 is 0 Å². The third-order valence-corrected chi connectivity index (χ3v) is 4.63. The minimum atomic E-state index is -0.0293. The molecular weight excluding hydrogens is 348 g/mol. The second kappa shape index (κ2) is 6.82. The van der Waals surface area contributed by atoms with Gasteiger partial charge in [-0.3, -0.25) is 0 Å². The minimum absolute atomic E-state index is 0.0293. The van der Waals surface area contributed by atoms with Gasteiger partial charge in [0.2, 0.25) is 0 Å². The molecule has 0 heterocycles. The van der Waals surface area contributed by atoms with Gasteiger partial charge in [-0.15, -0.1) is 0 Å². The number of hydrogen-bond donors (Lipinski definition) is 1. The van der Waals surface area contributed by atoms with Crippen LogP contribution >= 0.6 is 27.5 Å². The molecule has 2 nitrogen and oxygen atoms in total. The van der Waals surface area contributed by atoms with Crippen LogP contribution in [0.2, 0.25) is 5.02 Å². The smallest absolute Gasteiger partial charge is 0.0525 e. The SMILES string of the molecule is CC(N)c1cc(Br)ccc1N(C)C(C)c1ccccc1Cl. The summed E-state index contributed by atoms with van der Waals surface area (Å²) in [6.07, 6.45) is 0. The zero-order valence-electron chi connectivity index (χ0n) is 12.5. The molecule has 2 rings (SSSR count). The molecule has 0 aliphatic carbocycles. The molecule has 0 spiro atoms. The topological polar surface area (TPSA) is 29.3 Å². The van der Waals surface area contributed by atoms with E-state index in [4.69, 9.17) is 17.3 Å². The second-order valence-corrected chi connectivity index (χ2v) is 6.62. The Kier molecular flexibility index (Phi) is 5.31. The summed E-state index contributed by atoms with van der Waals surface area (Å²) in [5.41, 5.74) is 9.47. The molecule has 0 radical (unpaired) electrons. The summed E-state index contributed by atoms with van der Waals surface area (Å²) in [5, 5.41) is 0.788. The van der Waals surface area contributed by atoms with E-state index in [-0.39, 0.29) is 12.1 Å². The highest BCUT2D eigenvalue weighted by Crippen LogP contribution is 2.34. The highest BCUT2D eigenvalue weighted by Gasteiger charge is 2.18. The van der Waals surface area contributed by atoms with E-state index in [0.717, 1.165) is 26.3 Å². The van der Waals surface area contributed by atoms with Crippen molar-refractivity contribution in [3.05, 3.63) is 63.1 Å². The number of hydrogen-bond acceptors (Lipinski definition) is 2. The molecule has 0 bridgehead atoms. The fraction of sp³-hybridized carbons (Fsp3) is 0.294. The van der Waals surface area contributed by atoms with Gasteiger partial charge < -0.3 is 10.6 Å². The highest BCUT2D eigenvalue weighted by molar-refractivity contribution is 9.10. The lowest BCUT2D eigenvalue weighted by Gasteiger charge is -2.31. The summed E-state index contributed by atoms with van der Waals surface area (Å²) in [6.45, 7) is 4.15. The lowest BCUT2D eigenvalue weighted by Crippen LogP contribution is -2.24. The fourth-order valence-corrected chi connectivity index (χ4v) is 3.11. The number of halogens is 2. The van der Waals surface area contributed by atoms with Crippen molar-refractivity contribution in [1.82, 2.24) is 0 Å².